The van der Waals surface area contributed by atoms with Crippen LogP contribution in [0.4, 0.5) is 13.2 Å². The number of aromatic carboxylic acids is 1. The maximum atomic E-state index is 12.5. The molecule has 0 saturated carbocycles. The number of rotatable bonds is 2. The van der Waals surface area contributed by atoms with Crippen LogP contribution in [0.1, 0.15) is 28.4 Å². The van der Waals surface area contributed by atoms with E-state index in [0.717, 1.165) is 18.2 Å². The van der Waals surface area contributed by atoms with Crippen molar-refractivity contribution in [3.8, 4) is 0 Å². The van der Waals surface area contributed by atoms with Gasteiger partial charge in [0.2, 0.25) is 0 Å². The Morgan fingerprint density at radius 3 is 2.18 bits per heavy atom. The molecule has 17 heavy (non-hydrogen) atoms. The molecule has 0 fully saturated rings. The number of carboxylic acid groups (broad SMARTS) is 1. The van der Waals surface area contributed by atoms with E-state index in [4.69, 9.17) is 5.11 Å². The molecular formula is C11H11F3O3. The number of hydrogen-bond donors (Lipinski definition) is 2. The third kappa shape index (κ3) is 2.41. The summed E-state index contributed by atoms with van der Waals surface area (Å²) < 4.78 is 37.6. The highest BCUT2D eigenvalue weighted by Gasteiger charge is 2.51. The van der Waals surface area contributed by atoms with Crippen molar-refractivity contribution in [1.29, 1.82) is 0 Å². The molecule has 0 aromatic heterocycles. The van der Waals surface area contributed by atoms with Crippen LogP contribution in [0.15, 0.2) is 18.2 Å². The molecule has 94 valence electrons. The highest BCUT2D eigenvalue weighted by Crippen LogP contribution is 2.38. The van der Waals surface area contributed by atoms with E-state index in [2.05, 4.69) is 0 Å². The molecule has 1 unspecified atom stereocenters. The fraction of sp³-hybridized carbons (Fsp3) is 0.364. The molecule has 1 atom stereocenters. The molecule has 3 nitrogen and oxygen atoms in total. The van der Waals surface area contributed by atoms with Gasteiger partial charge in [-0.15, -0.1) is 0 Å². The number of halogens is 3. The van der Waals surface area contributed by atoms with Crippen molar-refractivity contribution in [3.05, 3.63) is 34.9 Å². The second-order valence-electron chi connectivity index (χ2n) is 3.90. The molecule has 0 amide bonds. The minimum absolute atomic E-state index is 0.0910. The zero-order valence-corrected chi connectivity index (χ0v) is 9.17. The molecule has 0 heterocycles. The van der Waals surface area contributed by atoms with E-state index in [-0.39, 0.29) is 16.7 Å². The Balaban J connectivity index is 3.28. The van der Waals surface area contributed by atoms with Crippen molar-refractivity contribution in [1.82, 2.24) is 0 Å². The van der Waals surface area contributed by atoms with Gasteiger partial charge in [-0.1, -0.05) is 12.1 Å². The monoisotopic (exact) mass is 248 g/mol. The Morgan fingerprint density at radius 1 is 1.29 bits per heavy atom. The average molecular weight is 248 g/mol. The van der Waals surface area contributed by atoms with Crippen LogP contribution in [0.25, 0.3) is 0 Å². The third-order valence-corrected chi connectivity index (χ3v) is 2.57. The largest absolute Gasteiger partial charge is 0.478 e. The molecule has 6 heteroatoms. The van der Waals surface area contributed by atoms with Gasteiger partial charge in [-0.2, -0.15) is 13.2 Å². The van der Waals surface area contributed by atoms with Crippen LogP contribution in [-0.2, 0) is 5.60 Å². The van der Waals surface area contributed by atoms with Crippen LogP contribution in [0, 0.1) is 6.92 Å². The maximum Gasteiger partial charge on any atom is 0.421 e. The van der Waals surface area contributed by atoms with E-state index in [0.29, 0.717) is 6.92 Å². The fourth-order valence-corrected chi connectivity index (χ4v) is 1.37. The summed E-state index contributed by atoms with van der Waals surface area (Å²) in [7, 11) is 0. The number of carboxylic acids is 1. The predicted molar refractivity (Wildman–Crippen MR) is 53.8 cm³/mol. The summed E-state index contributed by atoms with van der Waals surface area (Å²) in [5, 5.41) is 18.1. The Morgan fingerprint density at radius 2 is 1.82 bits per heavy atom. The van der Waals surface area contributed by atoms with Crippen molar-refractivity contribution in [2.45, 2.75) is 25.6 Å². The van der Waals surface area contributed by atoms with Crippen LogP contribution < -0.4 is 0 Å². The van der Waals surface area contributed by atoms with Gasteiger partial charge >= 0.3 is 12.1 Å². The summed E-state index contributed by atoms with van der Waals surface area (Å²) in [4.78, 5) is 10.7. The molecule has 0 saturated heterocycles. The van der Waals surface area contributed by atoms with Crippen molar-refractivity contribution >= 4 is 5.97 Å². The normalized spacial score (nSPS) is 15.4. The third-order valence-electron chi connectivity index (χ3n) is 2.57. The second-order valence-corrected chi connectivity index (χ2v) is 3.90. The summed E-state index contributed by atoms with van der Waals surface area (Å²) in [6.45, 7) is 2.00. The van der Waals surface area contributed by atoms with Gasteiger partial charge in [-0.3, -0.25) is 0 Å². The lowest BCUT2D eigenvalue weighted by atomic mass is 9.92. The molecule has 0 radical (unpaired) electrons. The molecule has 1 aromatic rings. The van der Waals surface area contributed by atoms with E-state index < -0.39 is 17.7 Å². The Labute approximate surface area is 95.5 Å². The highest BCUT2D eigenvalue weighted by molar-refractivity contribution is 5.89. The lowest BCUT2D eigenvalue weighted by molar-refractivity contribution is -0.258. The molecule has 1 rings (SSSR count). The van der Waals surface area contributed by atoms with E-state index in [1.54, 1.807) is 0 Å². The number of carbonyl (C=O) groups is 1. The van der Waals surface area contributed by atoms with Crippen molar-refractivity contribution in [3.63, 3.8) is 0 Å². The molecule has 2 N–H and O–H groups in total. The van der Waals surface area contributed by atoms with Crippen molar-refractivity contribution in [2.75, 3.05) is 0 Å². The minimum Gasteiger partial charge on any atom is -0.478 e. The molecular weight excluding hydrogens is 237 g/mol. The quantitative estimate of drug-likeness (QED) is 0.845. The standard InChI is InChI=1S/C11H11F3O3/c1-6-5-7(3-4-8(6)9(15)16)10(2,17)11(12,13)14/h3-5,17H,1-2H3,(H,15,16). The van der Waals surface area contributed by atoms with E-state index in [1.807, 2.05) is 0 Å². The summed E-state index contributed by atoms with van der Waals surface area (Å²) in [5.74, 6) is -1.22. The van der Waals surface area contributed by atoms with Gasteiger partial charge in [0.25, 0.3) is 0 Å². The molecule has 0 spiro atoms. The summed E-state index contributed by atoms with van der Waals surface area (Å²) >= 11 is 0. The molecule has 0 aliphatic carbocycles. The first-order valence-corrected chi connectivity index (χ1v) is 4.71. The Kier molecular flexibility index (Phi) is 3.20. The van der Waals surface area contributed by atoms with Crippen molar-refractivity contribution < 1.29 is 28.2 Å². The number of aryl methyl sites for hydroxylation is 1. The van der Waals surface area contributed by atoms with Gasteiger partial charge in [-0.25, -0.2) is 4.79 Å². The van der Waals surface area contributed by atoms with Crippen molar-refractivity contribution in [2.24, 2.45) is 0 Å². The number of aliphatic hydroxyl groups is 1. The van der Waals surface area contributed by atoms with Crippen LogP contribution in [0.2, 0.25) is 0 Å². The maximum absolute atomic E-state index is 12.5. The highest BCUT2D eigenvalue weighted by atomic mass is 19.4. The average Bonchev–Trinajstić information content (AvgIpc) is 2.14. The number of hydrogen-bond acceptors (Lipinski definition) is 2. The zero-order chi connectivity index (χ0) is 13.4. The topological polar surface area (TPSA) is 57.5 Å². The minimum atomic E-state index is -4.82. The second kappa shape index (κ2) is 4.03. The molecule has 0 bridgehead atoms. The molecule has 1 aromatic carbocycles. The SMILES string of the molecule is Cc1cc(C(C)(O)C(F)(F)F)ccc1C(=O)O. The lowest BCUT2D eigenvalue weighted by Crippen LogP contribution is -2.39. The lowest BCUT2D eigenvalue weighted by Gasteiger charge is -2.27. The summed E-state index contributed by atoms with van der Waals surface area (Å²) in [5.41, 5.74) is -3.30. The van der Waals surface area contributed by atoms with E-state index in [1.165, 1.54) is 6.92 Å². The van der Waals surface area contributed by atoms with Crippen LogP contribution >= 0.6 is 0 Å². The summed E-state index contributed by atoms with van der Waals surface area (Å²) in [6.07, 6.45) is -4.82. The van der Waals surface area contributed by atoms with Gasteiger partial charge in [0.05, 0.1) is 5.56 Å². The van der Waals surface area contributed by atoms with Crippen LogP contribution in [0.3, 0.4) is 0 Å². The molecule has 0 aliphatic heterocycles. The predicted octanol–water partition coefficient (Wildman–Crippen LogP) is 2.46. The van der Waals surface area contributed by atoms with Crippen LogP contribution in [-0.4, -0.2) is 22.4 Å². The van der Waals surface area contributed by atoms with Crippen LogP contribution in [0.5, 0.6) is 0 Å². The summed E-state index contributed by atoms with van der Waals surface area (Å²) in [6, 6.07) is 3.04. The first-order valence-electron chi connectivity index (χ1n) is 4.71. The number of benzene rings is 1. The molecule has 0 aliphatic rings. The number of alkyl halides is 3. The Hall–Kier alpha value is -1.56. The first-order chi connectivity index (χ1) is 7.57. The first kappa shape index (κ1) is 13.5. The Bertz CT molecular complexity index is 450. The smallest absolute Gasteiger partial charge is 0.421 e. The van der Waals surface area contributed by atoms with E-state index >= 15 is 0 Å². The van der Waals surface area contributed by atoms with Gasteiger partial charge in [0.15, 0.2) is 5.60 Å². The fourth-order valence-electron chi connectivity index (χ4n) is 1.37. The zero-order valence-electron chi connectivity index (χ0n) is 9.17. The van der Waals surface area contributed by atoms with Gasteiger partial charge in [0.1, 0.15) is 0 Å². The van der Waals surface area contributed by atoms with Gasteiger partial charge in [0, 0.05) is 0 Å². The van der Waals surface area contributed by atoms with Gasteiger partial charge in [-0.05, 0) is 31.0 Å². The van der Waals surface area contributed by atoms with Gasteiger partial charge < -0.3 is 10.2 Å². The van der Waals surface area contributed by atoms with E-state index in [9.17, 15) is 23.1 Å².